The summed E-state index contributed by atoms with van der Waals surface area (Å²) in [5.74, 6) is 0. The third kappa shape index (κ3) is 17.8. The van der Waals surface area contributed by atoms with Crippen molar-refractivity contribution in [3.63, 3.8) is 0 Å². The lowest BCUT2D eigenvalue weighted by atomic mass is 10.0. The number of ether oxygens (including phenoxy) is 2. The highest BCUT2D eigenvalue weighted by molar-refractivity contribution is 5.60. The summed E-state index contributed by atoms with van der Waals surface area (Å²) in [6.45, 7) is 5.82. The molecule has 0 aliphatic carbocycles. The van der Waals surface area contributed by atoms with Crippen molar-refractivity contribution < 1.29 is 14.3 Å². The zero-order valence-corrected chi connectivity index (χ0v) is 17.4. The van der Waals surface area contributed by atoms with Crippen LogP contribution in [0.5, 0.6) is 0 Å². The van der Waals surface area contributed by atoms with Crippen LogP contribution >= 0.6 is 0 Å². The van der Waals surface area contributed by atoms with Gasteiger partial charge in [-0.05, 0) is 46.2 Å². The van der Waals surface area contributed by atoms with Crippen LogP contribution in [-0.2, 0) is 9.47 Å². The van der Waals surface area contributed by atoms with Gasteiger partial charge in [-0.15, -0.1) is 0 Å². The Morgan fingerprint density at radius 3 is 1.80 bits per heavy atom. The minimum Gasteiger partial charge on any atom is -0.434 e. The van der Waals surface area contributed by atoms with Crippen LogP contribution in [0.25, 0.3) is 0 Å². The molecule has 0 unspecified atom stereocenters. The summed E-state index contributed by atoms with van der Waals surface area (Å²) >= 11 is 0. The van der Waals surface area contributed by atoms with Crippen LogP contribution in [0.4, 0.5) is 4.79 Å². The second kappa shape index (κ2) is 18.0. The average molecular weight is 358 g/mol. The highest BCUT2D eigenvalue weighted by Gasteiger charge is 2.15. The molecule has 0 N–H and O–H groups in total. The molecule has 0 aromatic rings. The molecule has 0 aromatic carbocycles. The maximum Gasteiger partial charge on any atom is 0.508 e. The van der Waals surface area contributed by atoms with Gasteiger partial charge < -0.3 is 14.4 Å². The second-order valence-electron chi connectivity index (χ2n) is 7.40. The summed E-state index contributed by atoms with van der Waals surface area (Å²) in [6, 6.07) is 0. The van der Waals surface area contributed by atoms with Crippen molar-refractivity contribution >= 4 is 6.16 Å². The molecule has 0 heterocycles. The molecule has 0 fully saturated rings. The molecule has 25 heavy (non-hydrogen) atoms. The van der Waals surface area contributed by atoms with E-state index in [4.69, 9.17) is 9.47 Å². The fraction of sp³-hybridized carbons (Fsp3) is 0.952. The van der Waals surface area contributed by atoms with Crippen molar-refractivity contribution in [2.75, 3.05) is 27.2 Å². The highest BCUT2D eigenvalue weighted by atomic mass is 16.7. The largest absolute Gasteiger partial charge is 0.508 e. The normalized spacial score (nSPS) is 11.3. The first kappa shape index (κ1) is 24.2. The minimum absolute atomic E-state index is 0.0320. The standard InChI is InChI=1S/C21H43NO3/c1-5-7-9-11-13-16-20(17-14-12-10-8-6-2)25-21(23)24-19-15-18-22(3)4/h20H,5-19H2,1-4H3. The monoisotopic (exact) mass is 357 g/mol. The molecule has 0 spiro atoms. The highest BCUT2D eigenvalue weighted by Crippen LogP contribution is 2.17. The lowest BCUT2D eigenvalue weighted by Crippen LogP contribution is -2.21. The third-order valence-electron chi connectivity index (χ3n) is 4.49. The Hall–Kier alpha value is -0.770. The van der Waals surface area contributed by atoms with Crippen molar-refractivity contribution in [1.82, 2.24) is 4.90 Å². The zero-order valence-electron chi connectivity index (χ0n) is 17.4. The average Bonchev–Trinajstić information content (AvgIpc) is 2.58. The Balaban J connectivity index is 4.01. The molecule has 0 bridgehead atoms. The predicted octanol–water partition coefficient (Wildman–Crippen LogP) is 6.18. The minimum atomic E-state index is -0.481. The SMILES string of the molecule is CCCCCCCC(CCCCCCC)OC(=O)OCCCN(C)C. The molecule has 4 nitrogen and oxygen atoms in total. The molecule has 0 saturated heterocycles. The quantitative estimate of drug-likeness (QED) is 0.230. The van der Waals surface area contributed by atoms with Crippen LogP contribution in [0, 0.1) is 0 Å². The van der Waals surface area contributed by atoms with Gasteiger partial charge in [0, 0.05) is 6.54 Å². The summed E-state index contributed by atoms with van der Waals surface area (Å²) in [7, 11) is 4.04. The van der Waals surface area contributed by atoms with Crippen LogP contribution in [0.3, 0.4) is 0 Å². The first-order chi connectivity index (χ1) is 12.1. The van der Waals surface area contributed by atoms with Crippen LogP contribution in [-0.4, -0.2) is 44.4 Å². The van der Waals surface area contributed by atoms with E-state index in [-0.39, 0.29) is 6.10 Å². The first-order valence-electron chi connectivity index (χ1n) is 10.6. The summed E-state index contributed by atoms with van der Waals surface area (Å²) in [4.78, 5) is 14.0. The number of hydrogen-bond acceptors (Lipinski definition) is 4. The van der Waals surface area contributed by atoms with E-state index in [2.05, 4.69) is 18.7 Å². The lowest BCUT2D eigenvalue weighted by Gasteiger charge is -2.18. The number of nitrogens with zero attached hydrogens (tertiary/aromatic N) is 1. The van der Waals surface area contributed by atoms with Gasteiger partial charge in [0.05, 0.1) is 6.61 Å². The molecule has 4 heteroatoms. The summed E-state index contributed by atoms with van der Waals surface area (Å²) in [5, 5.41) is 0. The van der Waals surface area contributed by atoms with Gasteiger partial charge >= 0.3 is 6.16 Å². The molecule has 0 radical (unpaired) electrons. The van der Waals surface area contributed by atoms with E-state index >= 15 is 0 Å². The maximum atomic E-state index is 11.9. The summed E-state index contributed by atoms with van der Waals surface area (Å²) in [6.07, 6.45) is 14.8. The Morgan fingerprint density at radius 2 is 1.32 bits per heavy atom. The second-order valence-corrected chi connectivity index (χ2v) is 7.40. The van der Waals surface area contributed by atoms with Gasteiger partial charge in [-0.2, -0.15) is 0 Å². The van der Waals surface area contributed by atoms with E-state index in [0.29, 0.717) is 6.61 Å². The van der Waals surface area contributed by atoms with Crippen LogP contribution in [0.2, 0.25) is 0 Å². The van der Waals surface area contributed by atoms with E-state index in [1.54, 1.807) is 0 Å². The third-order valence-corrected chi connectivity index (χ3v) is 4.49. The number of rotatable bonds is 17. The van der Waals surface area contributed by atoms with Gasteiger partial charge in [-0.3, -0.25) is 0 Å². The van der Waals surface area contributed by atoms with Crippen molar-refractivity contribution in [3.8, 4) is 0 Å². The van der Waals surface area contributed by atoms with E-state index in [1.807, 2.05) is 14.1 Å². The molecule has 0 amide bonds. The fourth-order valence-corrected chi connectivity index (χ4v) is 2.92. The van der Waals surface area contributed by atoms with E-state index in [1.165, 1.54) is 51.4 Å². The van der Waals surface area contributed by atoms with E-state index < -0.39 is 6.16 Å². The molecule has 0 aromatic heterocycles. The van der Waals surface area contributed by atoms with Gasteiger partial charge in [-0.1, -0.05) is 65.2 Å². The van der Waals surface area contributed by atoms with Gasteiger partial charge in [0.2, 0.25) is 0 Å². The van der Waals surface area contributed by atoms with Crippen LogP contribution < -0.4 is 0 Å². The summed E-state index contributed by atoms with van der Waals surface area (Å²) < 4.78 is 10.8. The van der Waals surface area contributed by atoms with Crippen LogP contribution in [0.1, 0.15) is 97.3 Å². The molecule has 150 valence electrons. The molecule has 0 aliphatic heterocycles. The van der Waals surface area contributed by atoms with E-state index in [9.17, 15) is 4.79 Å². The fourth-order valence-electron chi connectivity index (χ4n) is 2.92. The van der Waals surface area contributed by atoms with Gasteiger partial charge in [0.15, 0.2) is 0 Å². The number of hydrogen-bond donors (Lipinski definition) is 0. The molecular formula is C21H43NO3. The number of carbonyl (C=O) groups excluding carboxylic acids is 1. The van der Waals surface area contributed by atoms with Crippen molar-refractivity contribution in [2.24, 2.45) is 0 Å². The lowest BCUT2D eigenvalue weighted by molar-refractivity contribution is 0.0150. The Kier molecular flexibility index (Phi) is 17.5. The molecule has 0 aliphatic rings. The van der Waals surface area contributed by atoms with Gasteiger partial charge in [0.1, 0.15) is 6.10 Å². The smallest absolute Gasteiger partial charge is 0.434 e. The van der Waals surface area contributed by atoms with Crippen molar-refractivity contribution in [2.45, 2.75) is 103 Å². The van der Waals surface area contributed by atoms with Crippen molar-refractivity contribution in [1.29, 1.82) is 0 Å². The Morgan fingerprint density at radius 1 is 0.800 bits per heavy atom. The number of unbranched alkanes of at least 4 members (excludes halogenated alkanes) is 8. The predicted molar refractivity (Wildman–Crippen MR) is 106 cm³/mol. The Labute approximate surface area is 156 Å². The maximum absolute atomic E-state index is 11.9. The molecule has 0 atom stereocenters. The first-order valence-corrected chi connectivity index (χ1v) is 10.6. The van der Waals surface area contributed by atoms with Crippen LogP contribution in [0.15, 0.2) is 0 Å². The zero-order chi connectivity index (χ0) is 18.8. The molecular weight excluding hydrogens is 314 g/mol. The summed E-state index contributed by atoms with van der Waals surface area (Å²) in [5.41, 5.74) is 0. The molecule has 0 rings (SSSR count). The van der Waals surface area contributed by atoms with E-state index in [0.717, 1.165) is 38.6 Å². The van der Waals surface area contributed by atoms with Gasteiger partial charge in [-0.25, -0.2) is 4.79 Å². The Bertz CT molecular complexity index is 281. The topological polar surface area (TPSA) is 38.8 Å². The van der Waals surface area contributed by atoms with Gasteiger partial charge in [0.25, 0.3) is 0 Å². The van der Waals surface area contributed by atoms with Crippen molar-refractivity contribution in [3.05, 3.63) is 0 Å². The number of carbonyl (C=O) groups is 1. The molecule has 0 saturated carbocycles.